The van der Waals surface area contributed by atoms with E-state index in [0.717, 1.165) is 12.8 Å². The number of hydrogen-bond donors (Lipinski definition) is 1. The van der Waals surface area contributed by atoms with Crippen LogP contribution in [0.2, 0.25) is 0 Å². The van der Waals surface area contributed by atoms with Gasteiger partial charge in [-0.1, -0.05) is 19.1 Å². The molecule has 102 valence electrons. The first-order valence-electron chi connectivity index (χ1n) is 6.59. The Bertz CT molecular complexity index is 455. The third kappa shape index (κ3) is 2.60. The highest BCUT2D eigenvalue weighted by Crippen LogP contribution is 2.26. The van der Waals surface area contributed by atoms with E-state index in [1.165, 1.54) is 0 Å². The van der Waals surface area contributed by atoms with Crippen LogP contribution in [0.15, 0.2) is 12.2 Å². The molecule has 5 heteroatoms. The molecule has 0 aromatic heterocycles. The van der Waals surface area contributed by atoms with Gasteiger partial charge in [0.15, 0.2) is 9.84 Å². The molecule has 0 bridgehead atoms. The minimum absolute atomic E-state index is 0.00879. The monoisotopic (exact) mass is 271 g/mol. The zero-order valence-corrected chi connectivity index (χ0v) is 11.7. The average Bonchev–Trinajstić information content (AvgIpc) is 2.57. The quantitative estimate of drug-likeness (QED) is 0.770. The Hall–Kier alpha value is -0.840. The first-order valence-corrected chi connectivity index (χ1v) is 8.30. The summed E-state index contributed by atoms with van der Waals surface area (Å²) in [5.74, 6) is 0.536. The molecule has 1 N–H and O–H groups in total. The van der Waals surface area contributed by atoms with E-state index in [1.54, 1.807) is 6.92 Å². The van der Waals surface area contributed by atoms with Crippen molar-refractivity contribution in [2.24, 2.45) is 11.8 Å². The van der Waals surface area contributed by atoms with Crippen molar-refractivity contribution in [3.8, 4) is 0 Å². The van der Waals surface area contributed by atoms with E-state index in [9.17, 15) is 13.2 Å². The SMILES string of the molecule is C[C@@H]1CC=CC[C@H]1C(=O)N[C@H]1CCS(=O)(=O)[C@H]1C. The first-order chi connectivity index (χ1) is 8.42. The zero-order valence-electron chi connectivity index (χ0n) is 10.9. The van der Waals surface area contributed by atoms with Crippen LogP contribution in [-0.4, -0.2) is 31.4 Å². The third-order valence-corrected chi connectivity index (χ3v) is 6.53. The summed E-state index contributed by atoms with van der Waals surface area (Å²) >= 11 is 0. The second-order valence-electron chi connectivity index (χ2n) is 5.50. The number of allylic oxidation sites excluding steroid dienone is 2. The van der Waals surface area contributed by atoms with Crippen molar-refractivity contribution in [1.82, 2.24) is 5.32 Å². The Labute approximate surface area is 109 Å². The number of rotatable bonds is 2. The summed E-state index contributed by atoms with van der Waals surface area (Å²) in [7, 11) is -2.99. The largest absolute Gasteiger partial charge is 0.352 e. The second-order valence-corrected chi connectivity index (χ2v) is 7.98. The molecule has 0 aromatic rings. The molecule has 2 rings (SSSR count). The van der Waals surface area contributed by atoms with Crippen LogP contribution in [0.1, 0.15) is 33.1 Å². The molecule has 1 saturated heterocycles. The molecule has 1 aliphatic heterocycles. The Morgan fingerprint density at radius 3 is 2.44 bits per heavy atom. The molecule has 0 aromatic carbocycles. The van der Waals surface area contributed by atoms with Crippen molar-refractivity contribution in [3.63, 3.8) is 0 Å². The minimum Gasteiger partial charge on any atom is -0.352 e. The minimum atomic E-state index is -2.99. The maximum absolute atomic E-state index is 12.2. The maximum Gasteiger partial charge on any atom is 0.223 e. The Balaban J connectivity index is 1.98. The summed E-state index contributed by atoms with van der Waals surface area (Å²) in [6.45, 7) is 3.76. The molecule has 4 nitrogen and oxygen atoms in total. The zero-order chi connectivity index (χ0) is 13.3. The number of hydrogen-bond acceptors (Lipinski definition) is 3. The summed E-state index contributed by atoms with van der Waals surface area (Å²) in [5, 5.41) is 2.48. The number of carbonyl (C=O) groups is 1. The topological polar surface area (TPSA) is 63.2 Å². The van der Waals surface area contributed by atoms with Crippen LogP contribution in [0.4, 0.5) is 0 Å². The van der Waals surface area contributed by atoms with Crippen LogP contribution in [0.25, 0.3) is 0 Å². The summed E-state index contributed by atoms with van der Waals surface area (Å²) in [4.78, 5) is 12.2. The molecule has 2 aliphatic rings. The molecule has 0 saturated carbocycles. The summed E-state index contributed by atoms with van der Waals surface area (Å²) < 4.78 is 23.3. The van der Waals surface area contributed by atoms with Gasteiger partial charge in [-0.2, -0.15) is 0 Å². The molecular weight excluding hydrogens is 250 g/mol. The van der Waals surface area contributed by atoms with E-state index in [1.807, 2.05) is 6.08 Å². The number of sulfone groups is 1. The van der Waals surface area contributed by atoms with Crippen molar-refractivity contribution in [2.45, 2.75) is 44.4 Å². The first kappa shape index (κ1) is 13.6. The molecule has 0 unspecified atom stereocenters. The fourth-order valence-electron chi connectivity index (χ4n) is 2.76. The highest BCUT2D eigenvalue weighted by atomic mass is 32.2. The van der Waals surface area contributed by atoms with Crippen LogP contribution >= 0.6 is 0 Å². The van der Waals surface area contributed by atoms with Gasteiger partial charge < -0.3 is 5.32 Å². The van der Waals surface area contributed by atoms with Crippen molar-refractivity contribution in [2.75, 3.05) is 5.75 Å². The molecule has 1 heterocycles. The molecule has 18 heavy (non-hydrogen) atoms. The van der Waals surface area contributed by atoms with Gasteiger partial charge in [0, 0.05) is 12.0 Å². The van der Waals surface area contributed by atoms with Gasteiger partial charge in [0.05, 0.1) is 11.0 Å². The molecule has 1 aliphatic carbocycles. The van der Waals surface area contributed by atoms with Crippen molar-refractivity contribution in [1.29, 1.82) is 0 Å². The van der Waals surface area contributed by atoms with Gasteiger partial charge in [-0.3, -0.25) is 4.79 Å². The lowest BCUT2D eigenvalue weighted by Crippen LogP contribution is -2.44. The van der Waals surface area contributed by atoms with E-state index in [0.29, 0.717) is 12.3 Å². The van der Waals surface area contributed by atoms with E-state index in [2.05, 4.69) is 18.3 Å². The number of amides is 1. The highest BCUT2D eigenvalue weighted by molar-refractivity contribution is 7.92. The van der Waals surface area contributed by atoms with Crippen LogP contribution < -0.4 is 5.32 Å². The number of nitrogens with one attached hydrogen (secondary N) is 1. The molecule has 1 amide bonds. The molecule has 1 fully saturated rings. The van der Waals surface area contributed by atoms with E-state index < -0.39 is 15.1 Å². The summed E-state index contributed by atoms with van der Waals surface area (Å²) in [6.07, 6.45) is 6.39. The highest BCUT2D eigenvalue weighted by Gasteiger charge is 2.38. The predicted molar refractivity (Wildman–Crippen MR) is 70.8 cm³/mol. The van der Waals surface area contributed by atoms with Gasteiger partial charge in [0.25, 0.3) is 0 Å². The average molecular weight is 271 g/mol. The lowest BCUT2D eigenvalue weighted by molar-refractivity contribution is -0.127. The van der Waals surface area contributed by atoms with Crippen molar-refractivity contribution >= 4 is 15.7 Å². The van der Waals surface area contributed by atoms with Gasteiger partial charge in [0.2, 0.25) is 5.91 Å². The Morgan fingerprint density at radius 2 is 1.89 bits per heavy atom. The van der Waals surface area contributed by atoms with E-state index in [4.69, 9.17) is 0 Å². The Kier molecular flexibility index (Phi) is 3.80. The maximum atomic E-state index is 12.2. The van der Waals surface area contributed by atoms with Crippen molar-refractivity contribution < 1.29 is 13.2 Å². The van der Waals surface area contributed by atoms with Gasteiger partial charge in [0.1, 0.15) is 0 Å². The van der Waals surface area contributed by atoms with Gasteiger partial charge in [-0.15, -0.1) is 0 Å². The van der Waals surface area contributed by atoms with Crippen LogP contribution in [-0.2, 0) is 14.6 Å². The summed E-state index contributed by atoms with van der Waals surface area (Å²) in [6, 6.07) is -0.208. The predicted octanol–water partition coefficient (Wildman–Crippen LogP) is 1.28. The van der Waals surface area contributed by atoms with Crippen LogP contribution in [0, 0.1) is 11.8 Å². The number of carbonyl (C=O) groups excluding carboxylic acids is 1. The molecular formula is C13H21NO3S. The lowest BCUT2D eigenvalue weighted by atomic mass is 9.83. The van der Waals surface area contributed by atoms with Gasteiger partial charge in [-0.25, -0.2) is 8.42 Å². The normalized spacial score (nSPS) is 38.6. The molecule has 0 spiro atoms. The van der Waals surface area contributed by atoms with Gasteiger partial charge in [-0.05, 0) is 32.1 Å². The second kappa shape index (κ2) is 5.03. The smallest absolute Gasteiger partial charge is 0.223 e. The van der Waals surface area contributed by atoms with E-state index in [-0.39, 0.29) is 23.6 Å². The van der Waals surface area contributed by atoms with Crippen molar-refractivity contribution in [3.05, 3.63) is 12.2 Å². The van der Waals surface area contributed by atoms with Gasteiger partial charge >= 0.3 is 0 Å². The Morgan fingerprint density at radius 1 is 1.22 bits per heavy atom. The molecule has 0 radical (unpaired) electrons. The standard InChI is InChI=1S/C13H21NO3S/c1-9-5-3-4-6-11(9)13(15)14-12-7-8-18(16,17)10(12)2/h3-4,9-12H,5-8H2,1-2H3,(H,14,15)/t9-,10+,11-,12+/m1/s1. The lowest BCUT2D eigenvalue weighted by Gasteiger charge is -2.26. The molecule has 4 atom stereocenters. The third-order valence-electron chi connectivity index (χ3n) is 4.26. The fourth-order valence-corrected chi connectivity index (χ4v) is 4.42. The van der Waals surface area contributed by atoms with Crippen LogP contribution in [0.5, 0.6) is 0 Å². The van der Waals surface area contributed by atoms with Crippen LogP contribution in [0.3, 0.4) is 0 Å². The van der Waals surface area contributed by atoms with E-state index >= 15 is 0 Å². The fraction of sp³-hybridized carbons (Fsp3) is 0.769. The summed E-state index contributed by atoms with van der Waals surface area (Å²) in [5.41, 5.74) is 0.